The molecule has 2 atom stereocenters. The summed E-state index contributed by atoms with van der Waals surface area (Å²) in [6.45, 7) is 0. The molecule has 3 aliphatic rings. The molecule has 4 N–H and O–H groups in total. The van der Waals surface area contributed by atoms with Crippen molar-refractivity contribution in [3.8, 4) is 16.9 Å². The molecule has 4 heterocycles. The van der Waals surface area contributed by atoms with Crippen molar-refractivity contribution < 1.29 is 9.13 Å². The zero-order valence-electron chi connectivity index (χ0n) is 15.7. The molecule has 2 aromatic heterocycles. The molecule has 2 unspecified atom stereocenters. The minimum absolute atomic E-state index is 0.298. The lowest BCUT2D eigenvalue weighted by atomic mass is 9.75. The fourth-order valence-corrected chi connectivity index (χ4v) is 4.53. The number of hydrogen-bond donors (Lipinski definition) is 2. The van der Waals surface area contributed by atoms with Gasteiger partial charge in [0.25, 0.3) is 0 Å². The third-order valence-corrected chi connectivity index (χ3v) is 5.79. The lowest BCUT2D eigenvalue weighted by Gasteiger charge is -2.36. The van der Waals surface area contributed by atoms with E-state index < -0.39 is 11.5 Å². The van der Waals surface area contributed by atoms with Crippen molar-refractivity contribution in [2.75, 3.05) is 0 Å². The first-order valence-corrected chi connectivity index (χ1v) is 9.51. The summed E-state index contributed by atoms with van der Waals surface area (Å²) in [6, 6.07) is 10.5. The van der Waals surface area contributed by atoms with Gasteiger partial charge in [0.2, 0.25) is 5.95 Å². The molecule has 0 bridgehead atoms. The smallest absolute Gasteiger partial charge is 0.220 e. The maximum Gasteiger partial charge on any atom is 0.220 e. The zero-order valence-corrected chi connectivity index (χ0v) is 15.7. The predicted octanol–water partition coefficient (Wildman–Crippen LogP) is 2.79. The topological polar surface area (TPSA) is 99.4 Å². The summed E-state index contributed by atoms with van der Waals surface area (Å²) >= 11 is 0. The fraction of sp³-hybridized carbons (Fsp3) is 0.0870. The van der Waals surface area contributed by atoms with E-state index in [4.69, 9.17) is 21.2 Å². The van der Waals surface area contributed by atoms with E-state index in [0.29, 0.717) is 28.5 Å². The van der Waals surface area contributed by atoms with Crippen molar-refractivity contribution in [2.24, 2.45) is 16.5 Å². The van der Waals surface area contributed by atoms with E-state index in [1.54, 1.807) is 24.5 Å². The highest BCUT2D eigenvalue weighted by Gasteiger charge is 2.52. The number of pyridine rings is 2. The number of nitrogens with zero attached hydrogens (tertiary/aromatic N) is 3. The van der Waals surface area contributed by atoms with E-state index in [2.05, 4.69) is 9.97 Å². The first kappa shape index (κ1) is 17.1. The van der Waals surface area contributed by atoms with E-state index in [0.717, 1.165) is 22.3 Å². The Bertz CT molecular complexity index is 1330. The summed E-state index contributed by atoms with van der Waals surface area (Å²) < 4.78 is 20.6. The second kappa shape index (κ2) is 5.84. The normalized spacial score (nSPS) is 23.1. The van der Waals surface area contributed by atoms with Gasteiger partial charge >= 0.3 is 0 Å². The minimum Gasteiger partial charge on any atom is -0.457 e. The third-order valence-electron chi connectivity index (χ3n) is 5.79. The predicted molar refractivity (Wildman–Crippen MR) is 110 cm³/mol. The molecule has 146 valence electrons. The number of hydrogen-bond acceptors (Lipinski definition) is 6. The van der Waals surface area contributed by atoms with Crippen LogP contribution in [-0.4, -0.2) is 21.8 Å². The molecule has 6 rings (SSSR count). The number of rotatable bonds is 1. The number of fused-ring (bicyclic) bond motifs is 6. The van der Waals surface area contributed by atoms with Gasteiger partial charge in [-0.1, -0.05) is 12.1 Å². The average molecular weight is 397 g/mol. The monoisotopic (exact) mass is 397 g/mol. The largest absolute Gasteiger partial charge is 0.457 e. The van der Waals surface area contributed by atoms with Crippen LogP contribution in [0.15, 0.2) is 83.5 Å². The van der Waals surface area contributed by atoms with Crippen molar-refractivity contribution in [1.29, 1.82) is 0 Å². The molecule has 0 fully saturated rings. The van der Waals surface area contributed by atoms with Gasteiger partial charge in [0.15, 0.2) is 0 Å². The van der Waals surface area contributed by atoms with Crippen LogP contribution in [0.3, 0.4) is 0 Å². The summed E-state index contributed by atoms with van der Waals surface area (Å²) in [5.41, 5.74) is 15.9. The molecular weight excluding hydrogens is 381 g/mol. The van der Waals surface area contributed by atoms with Gasteiger partial charge in [0, 0.05) is 52.5 Å². The van der Waals surface area contributed by atoms with Crippen LogP contribution in [0, 0.1) is 5.95 Å². The fourth-order valence-electron chi connectivity index (χ4n) is 4.53. The van der Waals surface area contributed by atoms with Crippen molar-refractivity contribution >= 4 is 5.84 Å². The molecule has 1 spiro atoms. The zero-order chi connectivity index (χ0) is 20.5. The first-order chi connectivity index (χ1) is 14.6. The van der Waals surface area contributed by atoms with Crippen molar-refractivity contribution in [1.82, 2.24) is 9.97 Å². The quantitative estimate of drug-likeness (QED) is 0.615. The number of aromatic nitrogens is 2. The Balaban J connectivity index is 1.68. The van der Waals surface area contributed by atoms with E-state index in [-0.39, 0.29) is 6.04 Å². The highest BCUT2D eigenvalue weighted by Crippen LogP contribution is 2.56. The number of aliphatic imine (C=N–C) groups is 1. The Morgan fingerprint density at radius 1 is 1.03 bits per heavy atom. The molecule has 1 aromatic carbocycles. The molecule has 0 radical (unpaired) electrons. The van der Waals surface area contributed by atoms with E-state index in [1.807, 2.05) is 36.4 Å². The Labute approximate surface area is 171 Å². The summed E-state index contributed by atoms with van der Waals surface area (Å²) in [7, 11) is 0. The Kier molecular flexibility index (Phi) is 3.32. The van der Waals surface area contributed by atoms with Crippen LogP contribution in [-0.2, 0) is 5.54 Å². The molecule has 6 nitrogen and oxygen atoms in total. The molecule has 3 aromatic rings. The van der Waals surface area contributed by atoms with Crippen LogP contribution < -0.4 is 16.2 Å². The lowest BCUT2D eigenvalue weighted by Crippen LogP contribution is -2.32. The van der Waals surface area contributed by atoms with Crippen molar-refractivity contribution in [2.45, 2.75) is 11.6 Å². The second-order valence-electron chi connectivity index (χ2n) is 7.47. The van der Waals surface area contributed by atoms with Gasteiger partial charge in [-0.3, -0.25) is 4.98 Å². The molecule has 7 heteroatoms. The van der Waals surface area contributed by atoms with Crippen LogP contribution in [0.5, 0.6) is 5.75 Å². The number of nitrogens with two attached hydrogens (primary N) is 2. The molecule has 1 aliphatic carbocycles. The van der Waals surface area contributed by atoms with Crippen molar-refractivity contribution in [3.05, 3.63) is 101 Å². The van der Waals surface area contributed by atoms with Crippen molar-refractivity contribution in [3.63, 3.8) is 0 Å². The Morgan fingerprint density at radius 3 is 2.80 bits per heavy atom. The molecule has 0 saturated carbocycles. The standard InChI is InChI=1S/C23H16FN5O/c24-21-14(2-1-6-28-21)12-3-4-19-16(8-12)23(17-9-13(25)10-20(17)30-19)18-11-27-7-5-15(18)22(26)29-23/h1-11,13H,25H2,(H2,26,29). The van der Waals surface area contributed by atoms with E-state index in [9.17, 15) is 4.39 Å². The molecule has 0 amide bonds. The van der Waals surface area contributed by atoms with Gasteiger partial charge in [0.1, 0.15) is 22.9 Å². The van der Waals surface area contributed by atoms with Gasteiger partial charge in [-0.05, 0) is 42.0 Å². The summed E-state index contributed by atoms with van der Waals surface area (Å²) in [5, 5.41) is 0. The van der Waals surface area contributed by atoms with E-state index >= 15 is 0 Å². The summed E-state index contributed by atoms with van der Waals surface area (Å²) in [5.74, 6) is 1.15. The van der Waals surface area contributed by atoms with Crippen LogP contribution in [0.4, 0.5) is 4.39 Å². The first-order valence-electron chi connectivity index (χ1n) is 9.51. The Hall–Kier alpha value is -3.84. The van der Waals surface area contributed by atoms with Crippen LogP contribution in [0.2, 0.25) is 0 Å². The third kappa shape index (κ3) is 2.12. The van der Waals surface area contributed by atoms with Crippen LogP contribution >= 0.6 is 0 Å². The van der Waals surface area contributed by atoms with Gasteiger partial charge < -0.3 is 16.2 Å². The molecule has 0 saturated heterocycles. The summed E-state index contributed by atoms with van der Waals surface area (Å²) in [4.78, 5) is 13.0. The van der Waals surface area contributed by atoms with E-state index in [1.165, 1.54) is 6.20 Å². The maximum absolute atomic E-state index is 14.4. The SMILES string of the molecule is NC1=NC2(C3=CC(N)C=C3Oc3ccc(-c4cccnc4F)cc32)c2cnccc21. The number of halogens is 1. The second-order valence-corrected chi connectivity index (χ2v) is 7.47. The van der Waals surface area contributed by atoms with Gasteiger partial charge in [-0.15, -0.1) is 0 Å². The molecule has 2 aliphatic heterocycles. The van der Waals surface area contributed by atoms with Gasteiger partial charge in [0.05, 0.1) is 0 Å². The number of ether oxygens (including phenoxy) is 1. The molecular formula is C23H16FN5O. The summed E-state index contributed by atoms with van der Waals surface area (Å²) in [6.07, 6.45) is 8.66. The van der Waals surface area contributed by atoms with Gasteiger partial charge in [-0.2, -0.15) is 4.39 Å². The maximum atomic E-state index is 14.4. The number of benzene rings is 1. The average Bonchev–Trinajstić information content (AvgIpc) is 3.27. The highest BCUT2D eigenvalue weighted by atomic mass is 19.1. The number of amidine groups is 1. The van der Waals surface area contributed by atoms with Crippen LogP contribution in [0.1, 0.15) is 16.7 Å². The molecule has 30 heavy (non-hydrogen) atoms. The lowest BCUT2D eigenvalue weighted by molar-refractivity contribution is 0.380. The van der Waals surface area contributed by atoms with Gasteiger partial charge in [-0.25, -0.2) is 9.98 Å². The van der Waals surface area contributed by atoms with Crippen LogP contribution in [0.25, 0.3) is 11.1 Å². The highest BCUT2D eigenvalue weighted by molar-refractivity contribution is 6.03. The Morgan fingerprint density at radius 2 is 1.93 bits per heavy atom. The minimum atomic E-state index is -0.949.